The molecule has 4 unspecified atom stereocenters. The van der Waals surface area contributed by atoms with Crippen molar-refractivity contribution in [2.45, 2.75) is 71.4 Å². The van der Waals surface area contributed by atoms with Gasteiger partial charge < -0.3 is 15.7 Å². The van der Waals surface area contributed by atoms with Crippen molar-refractivity contribution in [1.82, 2.24) is 10.6 Å². The molecule has 3 N–H and O–H groups in total. The Kier molecular flexibility index (Phi) is 5.84. The summed E-state index contributed by atoms with van der Waals surface area (Å²) in [6, 6.07) is -0.229. The first kappa shape index (κ1) is 16.8. The lowest BCUT2D eigenvalue weighted by Gasteiger charge is -2.35. The van der Waals surface area contributed by atoms with Crippen molar-refractivity contribution >= 4 is 12.0 Å². The quantitative estimate of drug-likeness (QED) is 0.726. The minimum atomic E-state index is -1.19. The summed E-state index contributed by atoms with van der Waals surface area (Å²) in [6.07, 6.45) is 4.41. The summed E-state index contributed by atoms with van der Waals surface area (Å²) in [5.41, 5.74) is -1.19. The van der Waals surface area contributed by atoms with Crippen LogP contribution in [0.5, 0.6) is 0 Å². The molecule has 0 radical (unpaired) electrons. The number of aliphatic carboxylic acids is 1. The molecule has 0 aliphatic heterocycles. The van der Waals surface area contributed by atoms with Gasteiger partial charge in [0, 0.05) is 6.04 Å². The molecule has 0 aromatic rings. The second-order valence-corrected chi connectivity index (χ2v) is 6.36. The minimum Gasteiger partial charge on any atom is -0.480 e. The Hall–Kier alpha value is -1.26. The predicted octanol–water partition coefficient (Wildman–Crippen LogP) is 2.75. The first-order valence-electron chi connectivity index (χ1n) is 7.62. The normalized spacial score (nSPS) is 29.3. The molecule has 1 saturated carbocycles. The molecule has 0 aromatic carbocycles. The van der Waals surface area contributed by atoms with Gasteiger partial charge in [0.2, 0.25) is 0 Å². The first-order chi connectivity index (χ1) is 9.30. The molecule has 20 heavy (non-hydrogen) atoms. The number of rotatable bonds is 5. The number of carboxylic acids is 1. The van der Waals surface area contributed by atoms with E-state index in [-0.39, 0.29) is 12.1 Å². The summed E-state index contributed by atoms with van der Waals surface area (Å²) in [6.45, 7) is 7.82. The molecule has 1 fully saturated rings. The van der Waals surface area contributed by atoms with Crippen molar-refractivity contribution in [3.8, 4) is 0 Å². The van der Waals surface area contributed by atoms with Crippen LogP contribution in [0.15, 0.2) is 0 Å². The Morgan fingerprint density at radius 3 is 2.50 bits per heavy atom. The molecule has 5 nitrogen and oxygen atoms in total. The fraction of sp³-hybridized carbons (Fsp3) is 0.867. The first-order valence-corrected chi connectivity index (χ1v) is 7.62. The molecule has 0 aromatic heterocycles. The molecule has 2 amide bonds. The van der Waals surface area contributed by atoms with E-state index in [1.807, 2.05) is 6.92 Å². The Balaban J connectivity index is 2.59. The van der Waals surface area contributed by atoms with Gasteiger partial charge in [0.25, 0.3) is 0 Å². The zero-order valence-corrected chi connectivity index (χ0v) is 13.0. The zero-order chi connectivity index (χ0) is 15.3. The maximum Gasteiger partial charge on any atom is 0.329 e. The number of carboxylic acid groups (broad SMARTS) is 1. The molecule has 1 aliphatic carbocycles. The van der Waals surface area contributed by atoms with Crippen LogP contribution in [0.2, 0.25) is 0 Å². The van der Waals surface area contributed by atoms with Crippen molar-refractivity contribution in [1.29, 1.82) is 0 Å². The molecule has 4 atom stereocenters. The van der Waals surface area contributed by atoms with E-state index in [1.54, 1.807) is 6.92 Å². The number of amides is 2. The summed E-state index contributed by atoms with van der Waals surface area (Å²) in [5, 5.41) is 14.9. The average molecular weight is 284 g/mol. The van der Waals surface area contributed by atoms with Crippen LogP contribution in [0.4, 0.5) is 4.79 Å². The molecule has 1 aliphatic rings. The number of hydrogen-bond donors (Lipinski definition) is 3. The van der Waals surface area contributed by atoms with Gasteiger partial charge in [-0.1, -0.05) is 40.0 Å². The van der Waals surface area contributed by atoms with Gasteiger partial charge in [-0.3, -0.25) is 0 Å². The second-order valence-electron chi connectivity index (χ2n) is 6.36. The molecule has 1 rings (SSSR count). The monoisotopic (exact) mass is 284 g/mol. The van der Waals surface area contributed by atoms with Crippen LogP contribution in [0.3, 0.4) is 0 Å². The van der Waals surface area contributed by atoms with Gasteiger partial charge in [0.05, 0.1) is 0 Å². The molecule has 0 spiro atoms. The average Bonchev–Trinajstić information content (AvgIpc) is 2.35. The van der Waals surface area contributed by atoms with Gasteiger partial charge in [0.1, 0.15) is 5.54 Å². The largest absolute Gasteiger partial charge is 0.480 e. The van der Waals surface area contributed by atoms with E-state index in [4.69, 9.17) is 0 Å². The molecular weight excluding hydrogens is 256 g/mol. The lowest BCUT2D eigenvalue weighted by molar-refractivity contribution is -0.144. The topological polar surface area (TPSA) is 78.4 Å². The summed E-state index contributed by atoms with van der Waals surface area (Å²) in [7, 11) is 0. The fourth-order valence-corrected chi connectivity index (χ4v) is 2.96. The lowest BCUT2D eigenvalue weighted by atomic mass is 9.78. The summed E-state index contributed by atoms with van der Waals surface area (Å²) in [4.78, 5) is 23.4. The highest BCUT2D eigenvalue weighted by molar-refractivity contribution is 5.85. The van der Waals surface area contributed by atoms with Crippen molar-refractivity contribution < 1.29 is 14.7 Å². The maximum absolute atomic E-state index is 12.1. The van der Waals surface area contributed by atoms with Crippen molar-refractivity contribution in [2.75, 3.05) is 0 Å². The van der Waals surface area contributed by atoms with Crippen LogP contribution in [-0.2, 0) is 4.79 Å². The van der Waals surface area contributed by atoms with E-state index in [9.17, 15) is 14.7 Å². The summed E-state index contributed by atoms with van der Waals surface area (Å²) >= 11 is 0. The highest BCUT2D eigenvalue weighted by Gasteiger charge is 2.35. The van der Waals surface area contributed by atoms with Crippen LogP contribution in [0, 0.1) is 11.8 Å². The van der Waals surface area contributed by atoms with Crippen LogP contribution >= 0.6 is 0 Å². The fourth-order valence-electron chi connectivity index (χ4n) is 2.96. The number of urea groups is 1. The van der Waals surface area contributed by atoms with E-state index in [2.05, 4.69) is 24.5 Å². The minimum absolute atomic E-state index is 0.137. The SMILES string of the molecule is CCCC(C)(NC(=O)NC1CCCC(C)C1C)C(=O)O. The van der Waals surface area contributed by atoms with Crippen molar-refractivity contribution in [3.05, 3.63) is 0 Å². The van der Waals surface area contributed by atoms with Gasteiger partial charge in [0.15, 0.2) is 0 Å². The van der Waals surface area contributed by atoms with E-state index in [0.717, 1.165) is 12.8 Å². The van der Waals surface area contributed by atoms with E-state index in [1.165, 1.54) is 6.42 Å². The lowest BCUT2D eigenvalue weighted by Crippen LogP contribution is -2.57. The van der Waals surface area contributed by atoms with Crippen LogP contribution in [-0.4, -0.2) is 28.7 Å². The van der Waals surface area contributed by atoms with Crippen LogP contribution < -0.4 is 10.6 Å². The number of carbonyl (C=O) groups excluding carboxylic acids is 1. The Morgan fingerprint density at radius 1 is 1.30 bits per heavy atom. The van der Waals surface area contributed by atoms with E-state index >= 15 is 0 Å². The number of hydrogen-bond acceptors (Lipinski definition) is 2. The second kappa shape index (κ2) is 6.95. The molecular formula is C15H28N2O3. The maximum atomic E-state index is 12.1. The highest BCUT2D eigenvalue weighted by Crippen LogP contribution is 2.29. The van der Waals surface area contributed by atoms with E-state index in [0.29, 0.717) is 24.7 Å². The van der Waals surface area contributed by atoms with Crippen molar-refractivity contribution in [2.24, 2.45) is 11.8 Å². The van der Waals surface area contributed by atoms with Gasteiger partial charge >= 0.3 is 12.0 Å². The third kappa shape index (κ3) is 4.12. The third-order valence-corrected chi connectivity index (χ3v) is 4.63. The summed E-state index contributed by atoms with van der Waals surface area (Å²) in [5.74, 6) is 0.0341. The van der Waals surface area contributed by atoms with Gasteiger partial charge in [-0.25, -0.2) is 9.59 Å². The number of carbonyl (C=O) groups is 2. The summed E-state index contributed by atoms with van der Waals surface area (Å²) < 4.78 is 0. The van der Waals surface area contributed by atoms with Gasteiger partial charge in [-0.15, -0.1) is 0 Å². The third-order valence-electron chi connectivity index (χ3n) is 4.63. The zero-order valence-electron chi connectivity index (χ0n) is 13.0. The predicted molar refractivity (Wildman–Crippen MR) is 78.6 cm³/mol. The van der Waals surface area contributed by atoms with Gasteiger partial charge in [-0.05, 0) is 31.6 Å². The molecule has 0 heterocycles. The Morgan fingerprint density at radius 2 is 1.95 bits per heavy atom. The Bertz CT molecular complexity index is 359. The van der Waals surface area contributed by atoms with Gasteiger partial charge in [-0.2, -0.15) is 0 Å². The van der Waals surface area contributed by atoms with E-state index < -0.39 is 11.5 Å². The van der Waals surface area contributed by atoms with Crippen LogP contribution in [0.25, 0.3) is 0 Å². The van der Waals surface area contributed by atoms with Crippen molar-refractivity contribution in [3.63, 3.8) is 0 Å². The molecule has 116 valence electrons. The smallest absolute Gasteiger partial charge is 0.329 e. The highest BCUT2D eigenvalue weighted by atomic mass is 16.4. The number of nitrogens with one attached hydrogen (secondary N) is 2. The molecule has 0 saturated heterocycles. The standard InChI is InChI=1S/C15H28N2O3/c1-5-9-15(4,13(18)19)17-14(20)16-12-8-6-7-10(2)11(12)3/h10-12H,5-9H2,1-4H3,(H,18,19)(H2,16,17,20). The molecule has 5 heteroatoms. The molecule has 0 bridgehead atoms. The Labute approximate surface area is 121 Å². The van der Waals surface area contributed by atoms with Crippen LogP contribution in [0.1, 0.15) is 59.8 Å².